The van der Waals surface area contributed by atoms with Crippen LogP contribution in [0.3, 0.4) is 0 Å². The molecule has 40 heavy (non-hydrogen) atoms. The number of ether oxygens (including phenoxy) is 2. The minimum Gasteiger partial charge on any atom is -0.507 e. The molecule has 0 aliphatic carbocycles. The number of hydrogen-bond acceptors (Lipinski definition) is 5. The zero-order chi connectivity index (χ0) is 29.2. The normalized spacial score (nSPS) is 17.0. The van der Waals surface area contributed by atoms with E-state index < -0.39 is 17.7 Å². The van der Waals surface area contributed by atoms with E-state index in [0.29, 0.717) is 41.7 Å². The second-order valence-corrected chi connectivity index (χ2v) is 11.7. The zero-order valence-corrected chi connectivity index (χ0v) is 24.4. The smallest absolute Gasteiger partial charge is 0.300 e. The molecule has 1 saturated heterocycles. The van der Waals surface area contributed by atoms with Gasteiger partial charge in [0.25, 0.3) is 11.7 Å². The van der Waals surface area contributed by atoms with Gasteiger partial charge in [-0.05, 0) is 73.2 Å². The van der Waals surface area contributed by atoms with Gasteiger partial charge in [-0.25, -0.2) is 0 Å². The second-order valence-electron chi connectivity index (χ2n) is 11.7. The maximum atomic E-state index is 13.6. The molecule has 3 aromatic rings. The quantitative estimate of drug-likeness (QED) is 0.183. The highest BCUT2D eigenvalue weighted by Gasteiger charge is 2.47. The molecule has 6 heteroatoms. The number of ketones is 1. The van der Waals surface area contributed by atoms with Crippen molar-refractivity contribution in [2.24, 2.45) is 5.92 Å². The van der Waals surface area contributed by atoms with Gasteiger partial charge in [-0.1, -0.05) is 64.4 Å². The van der Waals surface area contributed by atoms with Crippen LogP contribution in [-0.4, -0.2) is 30.0 Å². The monoisotopic (exact) mass is 541 g/mol. The summed E-state index contributed by atoms with van der Waals surface area (Å²) >= 11 is 0. The maximum absolute atomic E-state index is 13.6. The highest BCUT2D eigenvalue weighted by atomic mass is 16.5. The molecule has 4 rings (SSSR count). The number of carbonyl (C=O) groups excluding carboxylic acids is 2. The van der Waals surface area contributed by atoms with Crippen LogP contribution in [0.1, 0.15) is 69.8 Å². The lowest BCUT2D eigenvalue weighted by molar-refractivity contribution is -0.132. The fourth-order valence-corrected chi connectivity index (χ4v) is 4.86. The Bertz CT molecular complexity index is 1430. The number of nitrogens with zero attached hydrogens (tertiary/aromatic N) is 1. The van der Waals surface area contributed by atoms with Crippen molar-refractivity contribution >= 4 is 23.1 Å². The minimum atomic E-state index is -0.838. The van der Waals surface area contributed by atoms with Crippen LogP contribution in [-0.2, 0) is 15.0 Å². The van der Waals surface area contributed by atoms with E-state index >= 15 is 0 Å². The van der Waals surface area contributed by atoms with Crippen molar-refractivity contribution in [3.8, 4) is 11.5 Å². The van der Waals surface area contributed by atoms with Crippen LogP contribution in [0.4, 0.5) is 5.69 Å². The van der Waals surface area contributed by atoms with Crippen LogP contribution < -0.4 is 14.4 Å². The molecule has 1 N–H and O–H groups in total. The molecule has 1 unspecified atom stereocenters. The fourth-order valence-electron chi connectivity index (χ4n) is 4.86. The minimum absolute atomic E-state index is 0.0376. The third-order valence-electron chi connectivity index (χ3n) is 6.87. The fraction of sp³-hybridized carbons (Fsp3) is 0.353. The van der Waals surface area contributed by atoms with Gasteiger partial charge in [0, 0.05) is 16.8 Å². The molecule has 1 amide bonds. The van der Waals surface area contributed by atoms with Crippen molar-refractivity contribution in [1.82, 2.24) is 0 Å². The molecule has 0 bridgehead atoms. The largest absolute Gasteiger partial charge is 0.507 e. The topological polar surface area (TPSA) is 76.1 Å². The van der Waals surface area contributed by atoms with Gasteiger partial charge < -0.3 is 14.6 Å². The molecule has 0 aromatic heterocycles. The lowest BCUT2D eigenvalue weighted by Gasteiger charge is -2.26. The highest BCUT2D eigenvalue weighted by molar-refractivity contribution is 6.51. The number of aryl methyl sites for hydroxylation is 1. The van der Waals surface area contributed by atoms with Gasteiger partial charge in [0.15, 0.2) is 0 Å². The summed E-state index contributed by atoms with van der Waals surface area (Å²) in [7, 11) is 0. The van der Waals surface area contributed by atoms with Gasteiger partial charge in [-0.15, -0.1) is 0 Å². The summed E-state index contributed by atoms with van der Waals surface area (Å²) in [4.78, 5) is 28.7. The molecule has 1 fully saturated rings. The van der Waals surface area contributed by atoms with Crippen molar-refractivity contribution < 1.29 is 24.2 Å². The summed E-state index contributed by atoms with van der Waals surface area (Å²) in [6.45, 7) is 15.2. The number of anilines is 1. The van der Waals surface area contributed by atoms with Crippen LogP contribution in [0.15, 0.2) is 72.3 Å². The van der Waals surface area contributed by atoms with Crippen LogP contribution in [0.2, 0.25) is 0 Å². The van der Waals surface area contributed by atoms with E-state index in [1.807, 2.05) is 74.5 Å². The SMILES string of the molecule is CCOc1ccc(/C(O)=C2\C(=O)C(=O)N(c3ccc(C)cc3)C2c2cccc(OCC(C)C)c2)cc1C(C)(C)C. The lowest BCUT2D eigenvalue weighted by Crippen LogP contribution is -2.29. The Labute approximate surface area is 237 Å². The van der Waals surface area contributed by atoms with Gasteiger partial charge in [0.2, 0.25) is 0 Å². The summed E-state index contributed by atoms with van der Waals surface area (Å²) < 4.78 is 11.8. The van der Waals surface area contributed by atoms with E-state index in [4.69, 9.17) is 9.47 Å². The highest BCUT2D eigenvalue weighted by Crippen LogP contribution is 2.44. The van der Waals surface area contributed by atoms with E-state index in [1.165, 1.54) is 4.90 Å². The van der Waals surface area contributed by atoms with E-state index in [-0.39, 0.29) is 16.7 Å². The first kappa shape index (κ1) is 28.9. The number of Topliss-reactive ketones (excluding diaryl/α,β-unsaturated/α-hetero) is 1. The van der Waals surface area contributed by atoms with E-state index in [2.05, 4.69) is 34.6 Å². The van der Waals surface area contributed by atoms with Crippen molar-refractivity contribution in [2.75, 3.05) is 18.1 Å². The summed E-state index contributed by atoms with van der Waals surface area (Å²) in [6, 6.07) is 19.4. The average Bonchev–Trinajstić information content (AvgIpc) is 3.17. The average molecular weight is 542 g/mol. The summed E-state index contributed by atoms with van der Waals surface area (Å²) in [5.74, 6) is 0.0437. The summed E-state index contributed by atoms with van der Waals surface area (Å²) in [6.07, 6.45) is 0. The number of amides is 1. The molecular weight excluding hydrogens is 502 g/mol. The van der Waals surface area contributed by atoms with Crippen LogP contribution >= 0.6 is 0 Å². The Morgan fingerprint density at radius 2 is 1.68 bits per heavy atom. The number of aliphatic hydroxyl groups is 1. The first-order chi connectivity index (χ1) is 18.9. The molecule has 1 aliphatic heterocycles. The number of rotatable bonds is 8. The first-order valence-corrected chi connectivity index (χ1v) is 13.8. The molecular formula is C34H39NO5. The maximum Gasteiger partial charge on any atom is 0.300 e. The van der Waals surface area contributed by atoms with Gasteiger partial charge in [0.05, 0.1) is 24.8 Å². The summed E-state index contributed by atoms with van der Waals surface area (Å²) in [5.41, 5.74) is 3.38. The molecule has 3 aromatic carbocycles. The third-order valence-corrected chi connectivity index (χ3v) is 6.87. The number of aliphatic hydroxyl groups excluding tert-OH is 1. The van der Waals surface area contributed by atoms with Gasteiger partial charge in [-0.2, -0.15) is 0 Å². The zero-order valence-electron chi connectivity index (χ0n) is 24.4. The van der Waals surface area contributed by atoms with E-state index in [0.717, 1.165) is 16.9 Å². The molecule has 0 spiro atoms. The van der Waals surface area contributed by atoms with Crippen molar-refractivity contribution in [1.29, 1.82) is 0 Å². The molecule has 210 valence electrons. The standard InChI is InChI=1S/C34H39NO5/c1-8-39-28-17-14-24(19-27(28)34(5,6)7)31(36)29-30(23-10-9-11-26(18-23)40-20-21(2)3)35(33(38)32(29)37)25-15-12-22(4)13-16-25/h9-19,21,30,36H,8,20H2,1-7H3/b31-29+. The van der Waals surface area contributed by atoms with E-state index in [9.17, 15) is 14.7 Å². The van der Waals surface area contributed by atoms with Crippen LogP contribution in [0, 0.1) is 12.8 Å². The van der Waals surface area contributed by atoms with Crippen LogP contribution in [0.5, 0.6) is 11.5 Å². The Balaban J connectivity index is 1.92. The van der Waals surface area contributed by atoms with Crippen molar-refractivity contribution in [2.45, 2.75) is 59.9 Å². The van der Waals surface area contributed by atoms with E-state index in [1.54, 1.807) is 6.07 Å². The second kappa shape index (κ2) is 11.6. The van der Waals surface area contributed by atoms with Gasteiger partial charge >= 0.3 is 0 Å². The van der Waals surface area contributed by atoms with Gasteiger partial charge in [-0.3, -0.25) is 14.5 Å². The van der Waals surface area contributed by atoms with Crippen LogP contribution in [0.25, 0.3) is 5.76 Å². The molecule has 6 nitrogen and oxygen atoms in total. The number of hydrogen-bond donors (Lipinski definition) is 1. The molecule has 1 atom stereocenters. The third kappa shape index (κ3) is 5.91. The lowest BCUT2D eigenvalue weighted by atomic mass is 9.84. The molecule has 0 radical (unpaired) electrons. The van der Waals surface area contributed by atoms with Crippen molar-refractivity contribution in [3.05, 3.63) is 94.6 Å². The Morgan fingerprint density at radius 1 is 0.975 bits per heavy atom. The molecule has 1 aliphatic rings. The Hall–Kier alpha value is -4.06. The number of carbonyl (C=O) groups is 2. The summed E-state index contributed by atoms with van der Waals surface area (Å²) in [5, 5.41) is 11.7. The van der Waals surface area contributed by atoms with Crippen molar-refractivity contribution in [3.63, 3.8) is 0 Å². The van der Waals surface area contributed by atoms with Gasteiger partial charge in [0.1, 0.15) is 17.3 Å². The Kier molecular flexibility index (Phi) is 8.38. The molecule has 1 heterocycles. The predicted molar refractivity (Wildman–Crippen MR) is 159 cm³/mol. The number of benzene rings is 3. The predicted octanol–water partition coefficient (Wildman–Crippen LogP) is 7.35. The molecule has 0 saturated carbocycles. The Morgan fingerprint density at radius 3 is 2.30 bits per heavy atom. The first-order valence-electron chi connectivity index (χ1n) is 13.8.